The summed E-state index contributed by atoms with van der Waals surface area (Å²) in [5.74, 6) is -0.0759. The van der Waals surface area contributed by atoms with E-state index < -0.39 is 16.6 Å². The lowest BCUT2D eigenvalue weighted by Gasteiger charge is -2.31. The van der Waals surface area contributed by atoms with E-state index >= 15 is 0 Å². The van der Waals surface area contributed by atoms with E-state index in [2.05, 4.69) is 33.0 Å². The van der Waals surface area contributed by atoms with Gasteiger partial charge in [-0.3, -0.25) is 10.1 Å². The highest BCUT2D eigenvalue weighted by Gasteiger charge is 2.27. The van der Waals surface area contributed by atoms with Crippen molar-refractivity contribution in [3.05, 3.63) is 33.9 Å². The predicted molar refractivity (Wildman–Crippen MR) is 105 cm³/mol. The second-order valence-corrected chi connectivity index (χ2v) is 9.13. The number of benzene rings is 1. The van der Waals surface area contributed by atoms with Gasteiger partial charge < -0.3 is 15.2 Å². The van der Waals surface area contributed by atoms with Crippen LogP contribution in [0.2, 0.25) is 0 Å². The molecule has 0 saturated carbocycles. The zero-order chi connectivity index (χ0) is 21.0. The molecular weight excluding hydrogens is 348 g/mol. The highest BCUT2D eigenvalue weighted by atomic mass is 16.6. The third-order valence-corrected chi connectivity index (χ3v) is 4.56. The number of nitrogens with one attached hydrogen (secondary N) is 1. The molecule has 0 spiro atoms. The average Bonchev–Trinajstić information content (AvgIpc) is 2.45. The molecule has 7 heteroatoms. The number of hydrogen-bond acceptors (Lipinski definition) is 5. The molecule has 0 saturated heterocycles. The van der Waals surface area contributed by atoms with E-state index in [1.54, 1.807) is 26.8 Å². The summed E-state index contributed by atoms with van der Waals surface area (Å²) in [5, 5.41) is 23.6. The Bertz CT molecular complexity index is 674. The number of amides is 1. The van der Waals surface area contributed by atoms with Crippen LogP contribution in [0.4, 0.5) is 10.5 Å². The van der Waals surface area contributed by atoms with Crippen molar-refractivity contribution in [3.8, 4) is 5.75 Å². The van der Waals surface area contributed by atoms with Crippen LogP contribution >= 0.6 is 0 Å². The van der Waals surface area contributed by atoms with Gasteiger partial charge in [-0.15, -0.1) is 0 Å². The van der Waals surface area contributed by atoms with Crippen LogP contribution in [0.25, 0.3) is 0 Å². The predicted octanol–water partition coefficient (Wildman–Crippen LogP) is 4.81. The first kappa shape index (κ1) is 22.7. The number of nitro groups is 1. The van der Waals surface area contributed by atoms with Crippen LogP contribution in [-0.4, -0.2) is 27.8 Å². The number of nitro benzene ring substituents is 1. The molecule has 0 bridgehead atoms. The van der Waals surface area contributed by atoms with Crippen molar-refractivity contribution < 1.29 is 19.6 Å². The summed E-state index contributed by atoms with van der Waals surface area (Å²) < 4.78 is 5.36. The minimum atomic E-state index is -0.618. The zero-order valence-electron chi connectivity index (χ0n) is 17.3. The van der Waals surface area contributed by atoms with Crippen LogP contribution in [0, 0.1) is 21.4 Å². The SMILES string of the molecule is CC(C[C@H](Cc1ccc(O)c([N+](=O)[O-])c1)NC(=O)OC(C)(C)C)C(C)(C)C. The fourth-order valence-electron chi connectivity index (χ4n) is 2.57. The van der Waals surface area contributed by atoms with Gasteiger partial charge in [-0.05, 0) is 56.6 Å². The highest BCUT2D eigenvalue weighted by molar-refractivity contribution is 5.68. The molecule has 0 fully saturated rings. The molecule has 1 aromatic rings. The van der Waals surface area contributed by atoms with Crippen molar-refractivity contribution in [3.63, 3.8) is 0 Å². The Morgan fingerprint density at radius 3 is 2.33 bits per heavy atom. The van der Waals surface area contributed by atoms with Gasteiger partial charge in [0.15, 0.2) is 5.75 Å². The number of hydrogen-bond donors (Lipinski definition) is 2. The molecule has 152 valence electrons. The average molecular weight is 380 g/mol. The first-order valence-corrected chi connectivity index (χ1v) is 9.15. The maximum absolute atomic E-state index is 12.2. The largest absolute Gasteiger partial charge is 0.502 e. The Morgan fingerprint density at radius 2 is 1.85 bits per heavy atom. The highest BCUT2D eigenvalue weighted by Crippen LogP contribution is 2.31. The Kier molecular flexibility index (Phi) is 7.23. The van der Waals surface area contributed by atoms with E-state index in [9.17, 15) is 20.0 Å². The Balaban J connectivity index is 3.01. The summed E-state index contributed by atoms with van der Waals surface area (Å²) >= 11 is 0. The summed E-state index contributed by atoms with van der Waals surface area (Å²) in [4.78, 5) is 22.7. The fraction of sp³-hybridized carbons (Fsp3) is 0.650. The zero-order valence-corrected chi connectivity index (χ0v) is 17.3. The number of alkyl carbamates (subject to hydrolysis) is 1. The van der Waals surface area contributed by atoms with Crippen molar-refractivity contribution in [2.75, 3.05) is 0 Å². The van der Waals surface area contributed by atoms with E-state index in [0.717, 1.165) is 0 Å². The van der Waals surface area contributed by atoms with Gasteiger partial charge in [-0.25, -0.2) is 4.79 Å². The fourth-order valence-corrected chi connectivity index (χ4v) is 2.57. The first-order chi connectivity index (χ1) is 12.2. The summed E-state index contributed by atoms with van der Waals surface area (Å²) in [6.45, 7) is 13.9. The van der Waals surface area contributed by atoms with Crippen LogP contribution < -0.4 is 5.32 Å². The monoisotopic (exact) mass is 380 g/mol. The van der Waals surface area contributed by atoms with Gasteiger partial charge in [0.1, 0.15) is 5.60 Å². The van der Waals surface area contributed by atoms with Gasteiger partial charge in [0.05, 0.1) is 4.92 Å². The maximum Gasteiger partial charge on any atom is 0.407 e. The number of ether oxygens (including phenoxy) is 1. The van der Waals surface area contributed by atoms with Gasteiger partial charge >= 0.3 is 11.8 Å². The van der Waals surface area contributed by atoms with Crippen LogP contribution in [0.3, 0.4) is 0 Å². The number of phenols is 1. The lowest BCUT2D eigenvalue weighted by Crippen LogP contribution is -2.42. The number of carbonyl (C=O) groups is 1. The van der Waals surface area contributed by atoms with Crippen molar-refractivity contribution in [1.82, 2.24) is 5.32 Å². The third kappa shape index (κ3) is 7.85. The minimum Gasteiger partial charge on any atom is -0.502 e. The van der Waals surface area contributed by atoms with Crippen LogP contribution in [0.5, 0.6) is 5.75 Å². The van der Waals surface area contributed by atoms with Crippen LogP contribution in [-0.2, 0) is 11.2 Å². The van der Waals surface area contributed by atoms with Gasteiger partial charge in [0.25, 0.3) is 0 Å². The molecule has 1 amide bonds. The Hall–Kier alpha value is -2.31. The number of aromatic hydroxyl groups is 1. The first-order valence-electron chi connectivity index (χ1n) is 9.15. The molecule has 27 heavy (non-hydrogen) atoms. The van der Waals surface area contributed by atoms with Crippen LogP contribution in [0.1, 0.15) is 60.5 Å². The van der Waals surface area contributed by atoms with E-state index in [4.69, 9.17) is 4.74 Å². The van der Waals surface area contributed by atoms with E-state index in [0.29, 0.717) is 24.3 Å². The third-order valence-electron chi connectivity index (χ3n) is 4.56. The van der Waals surface area contributed by atoms with E-state index in [1.165, 1.54) is 12.1 Å². The lowest BCUT2D eigenvalue weighted by atomic mass is 9.78. The minimum absolute atomic E-state index is 0.0504. The number of rotatable bonds is 6. The van der Waals surface area contributed by atoms with E-state index in [1.807, 2.05) is 0 Å². The van der Waals surface area contributed by atoms with Gasteiger partial charge in [0.2, 0.25) is 0 Å². The molecular formula is C20H32N2O5. The summed E-state index contributed by atoms with van der Waals surface area (Å²) in [7, 11) is 0. The molecule has 0 aromatic heterocycles. The molecule has 0 aliphatic rings. The molecule has 0 heterocycles. The number of carbonyl (C=O) groups excluding carboxylic acids is 1. The summed E-state index contributed by atoms with van der Waals surface area (Å²) in [5.41, 5.74) is -0.231. The maximum atomic E-state index is 12.2. The second kappa shape index (κ2) is 8.59. The second-order valence-electron chi connectivity index (χ2n) is 9.13. The van der Waals surface area contributed by atoms with Crippen molar-refractivity contribution in [2.45, 2.75) is 73.0 Å². The molecule has 2 N–H and O–H groups in total. The van der Waals surface area contributed by atoms with Gasteiger partial charge in [-0.2, -0.15) is 0 Å². The molecule has 1 unspecified atom stereocenters. The smallest absolute Gasteiger partial charge is 0.407 e. The van der Waals surface area contributed by atoms with Gasteiger partial charge in [0, 0.05) is 12.1 Å². The van der Waals surface area contributed by atoms with Gasteiger partial charge in [-0.1, -0.05) is 33.8 Å². The topological polar surface area (TPSA) is 102 Å². The molecule has 0 radical (unpaired) electrons. The normalized spacial score (nSPS) is 14.3. The molecule has 1 aromatic carbocycles. The number of nitrogens with zero attached hydrogens (tertiary/aromatic N) is 1. The summed E-state index contributed by atoms with van der Waals surface area (Å²) in [6.07, 6.45) is 0.583. The van der Waals surface area contributed by atoms with Crippen LogP contribution in [0.15, 0.2) is 18.2 Å². The number of phenolic OH excluding ortho intramolecular Hbond substituents is 1. The Labute approximate surface area is 161 Å². The van der Waals surface area contributed by atoms with Crippen molar-refractivity contribution in [2.24, 2.45) is 11.3 Å². The molecule has 0 aliphatic carbocycles. The molecule has 2 atom stereocenters. The van der Waals surface area contributed by atoms with Crippen molar-refractivity contribution in [1.29, 1.82) is 0 Å². The van der Waals surface area contributed by atoms with E-state index in [-0.39, 0.29) is 22.9 Å². The molecule has 7 nitrogen and oxygen atoms in total. The molecule has 0 aliphatic heterocycles. The van der Waals surface area contributed by atoms with Crippen molar-refractivity contribution >= 4 is 11.8 Å². The molecule has 1 rings (SSSR count). The lowest BCUT2D eigenvalue weighted by molar-refractivity contribution is -0.385. The Morgan fingerprint density at radius 1 is 1.26 bits per heavy atom. The standard InChI is InChI=1S/C20H32N2O5/c1-13(19(2,3)4)10-15(21-18(24)27-20(5,6)7)11-14-8-9-17(23)16(12-14)22(25)26/h8-9,12-13,15,23H,10-11H2,1-7H3,(H,21,24)/t13?,15-/m1/s1. The quantitative estimate of drug-likeness (QED) is 0.545. The summed E-state index contributed by atoms with van der Waals surface area (Å²) in [6, 6.07) is 4.04.